The molecule has 9 heavy (non-hydrogen) atoms. The SMILES string of the molecule is CC(S)C(=O)NCCN. The van der Waals surface area contributed by atoms with Crippen molar-refractivity contribution in [3.05, 3.63) is 0 Å². The van der Waals surface area contributed by atoms with Gasteiger partial charge in [0, 0.05) is 13.1 Å². The van der Waals surface area contributed by atoms with Crippen LogP contribution in [-0.4, -0.2) is 24.2 Å². The number of thiol groups is 1. The Hall–Kier alpha value is -0.220. The molecule has 1 unspecified atom stereocenters. The maximum absolute atomic E-state index is 10.7. The number of carbonyl (C=O) groups excluding carboxylic acids is 1. The molecule has 54 valence electrons. The van der Waals surface area contributed by atoms with Crippen LogP contribution in [-0.2, 0) is 4.79 Å². The highest BCUT2D eigenvalue weighted by molar-refractivity contribution is 7.81. The first-order valence-corrected chi connectivity index (χ1v) is 3.36. The number of hydrogen-bond donors (Lipinski definition) is 3. The van der Waals surface area contributed by atoms with Crippen molar-refractivity contribution in [1.29, 1.82) is 0 Å². The van der Waals surface area contributed by atoms with Gasteiger partial charge < -0.3 is 11.1 Å². The van der Waals surface area contributed by atoms with E-state index in [1.54, 1.807) is 6.92 Å². The molecule has 1 amide bonds. The van der Waals surface area contributed by atoms with Crippen molar-refractivity contribution in [3.8, 4) is 0 Å². The van der Waals surface area contributed by atoms with E-state index >= 15 is 0 Å². The molecule has 3 N–H and O–H groups in total. The fraction of sp³-hybridized carbons (Fsp3) is 0.800. The van der Waals surface area contributed by atoms with Crippen molar-refractivity contribution in [3.63, 3.8) is 0 Å². The van der Waals surface area contributed by atoms with Crippen LogP contribution in [0.5, 0.6) is 0 Å². The van der Waals surface area contributed by atoms with E-state index in [0.29, 0.717) is 13.1 Å². The van der Waals surface area contributed by atoms with Crippen molar-refractivity contribution in [2.75, 3.05) is 13.1 Å². The summed E-state index contributed by atoms with van der Waals surface area (Å²) < 4.78 is 0. The maximum Gasteiger partial charge on any atom is 0.232 e. The van der Waals surface area contributed by atoms with E-state index in [1.165, 1.54) is 0 Å². The molecule has 0 heterocycles. The van der Waals surface area contributed by atoms with E-state index in [9.17, 15) is 4.79 Å². The van der Waals surface area contributed by atoms with Gasteiger partial charge in [0.2, 0.25) is 5.91 Å². The Labute approximate surface area is 60.4 Å². The summed E-state index contributed by atoms with van der Waals surface area (Å²) in [7, 11) is 0. The fourth-order valence-electron chi connectivity index (χ4n) is 0.343. The van der Waals surface area contributed by atoms with Crippen LogP contribution in [0, 0.1) is 0 Å². The molecular formula is C5H12N2OS. The lowest BCUT2D eigenvalue weighted by atomic mass is 10.4. The minimum Gasteiger partial charge on any atom is -0.354 e. The van der Waals surface area contributed by atoms with E-state index in [2.05, 4.69) is 17.9 Å². The van der Waals surface area contributed by atoms with E-state index in [1.807, 2.05) is 0 Å². The summed E-state index contributed by atoms with van der Waals surface area (Å²) in [5, 5.41) is 2.35. The fourth-order valence-corrected chi connectivity index (χ4v) is 0.434. The van der Waals surface area contributed by atoms with E-state index in [-0.39, 0.29) is 11.2 Å². The molecule has 0 saturated carbocycles. The molecular weight excluding hydrogens is 136 g/mol. The molecule has 1 atom stereocenters. The number of carbonyl (C=O) groups is 1. The van der Waals surface area contributed by atoms with Crippen LogP contribution in [0.2, 0.25) is 0 Å². The molecule has 4 heteroatoms. The van der Waals surface area contributed by atoms with Gasteiger partial charge in [-0.1, -0.05) is 0 Å². The van der Waals surface area contributed by atoms with Gasteiger partial charge in [-0.3, -0.25) is 4.79 Å². The van der Waals surface area contributed by atoms with E-state index < -0.39 is 0 Å². The van der Waals surface area contributed by atoms with Gasteiger partial charge in [-0.2, -0.15) is 12.6 Å². The summed E-state index contributed by atoms with van der Waals surface area (Å²) in [5.74, 6) is -0.0659. The minimum absolute atomic E-state index is 0.0659. The zero-order valence-electron chi connectivity index (χ0n) is 5.42. The number of nitrogens with two attached hydrogens (primary N) is 1. The molecule has 0 aliphatic rings. The van der Waals surface area contributed by atoms with Gasteiger partial charge in [0.25, 0.3) is 0 Å². The predicted molar refractivity (Wildman–Crippen MR) is 40.5 cm³/mol. The molecule has 0 aromatic heterocycles. The van der Waals surface area contributed by atoms with Crippen LogP contribution in [0.15, 0.2) is 0 Å². The van der Waals surface area contributed by atoms with Gasteiger partial charge in [0.05, 0.1) is 5.25 Å². The average Bonchev–Trinajstić information content (AvgIpc) is 1.82. The summed E-state index contributed by atoms with van der Waals surface area (Å²) in [6.07, 6.45) is 0. The number of hydrogen-bond acceptors (Lipinski definition) is 3. The van der Waals surface area contributed by atoms with Gasteiger partial charge >= 0.3 is 0 Å². The number of amides is 1. The Morgan fingerprint density at radius 2 is 2.44 bits per heavy atom. The van der Waals surface area contributed by atoms with Crippen molar-refractivity contribution in [2.24, 2.45) is 5.73 Å². The lowest BCUT2D eigenvalue weighted by molar-refractivity contribution is -0.120. The largest absolute Gasteiger partial charge is 0.354 e. The zero-order chi connectivity index (χ0) is 7.28. The molecule has 0 aromatic rings. The van der Waals surface area contributed by atoms with Crippen LogP contribution >= 0.6 is 12.6 Å². The molecule has 0 bridgehead atoms. The van der Waals surface area contributed by atoms with Gasteiger partial charge in [-0.05, 0) is 6.92 Å². The van der Waals surface area contributed by atoms with Crippen LogP contribution in [0.4, 0.5) is 0 Å². The predicted octanol–water partition coefficient (Wildman–Crippen LogP) is -0.620. The Kier molecular flexibility index (Phi) is 4.53. The number of rotatable bonds is 3. The Balaban J connectivity index is 3.28. The monoisotopic (exact) mass is 148 g/mol. The lowest BCUT2D eigenvalue weighted by Crippen LogP contribution is -2.33. The highest BCUT2D eigenvalue weighted by Crippen LogP contribution is 1.89. The second-order valence-corrected chi connectivity index (χ2v) is 2.53. The molecule has 0 aliphatic carbocycles. The summed E-state index contributed by atoms with van der Waals surface area (Å²) >= 11 is 3.91. The summed E-state index contributed by atoms with van der Waals surface area (Å²) in [6.45, 7) is 2.73. The second kappa shape index (κ2) is 4.64. The highest BCUT2D eigenvalue weighted by atomic mass is 32.1. The molecule has 0 rings (SSSR count). The Bertz CT molecular complexity index is 95.0. The summed E-state index contributed by atoms with van der Waals surface area (Å²) in [5.41, 5.74) is 5.14. The van der Waals surface area contributed by atoms with Crippen LogP contribution < -0.4 is 11.1 Å². The summed E-state index contributed by atoms with van der Waals surface area (Å²) in [4.78, 5) is 10.7. The molecule has 0 saturated heterocycles. The molecule has 0 radical (unpaired) electrons. The minimum atomic E-state index is -0.239. The smallest absolute Gasteiger partial charge is 0.232 e. The quantitative estimate of drug-likeness (QED) is 0.467. The highest BCUT2D eigenvalue weighted by Gasteiger charge is 2.04. The zero-order valence-corrected chi connectivity index (χ0v) is 6.32. The lowest BCUT2D eigenvalue weighted by Gasteiger charge is -2.03. The number of nitrogens with one attached hydrogen (secondary N) is 1. The second-order valence-electron chi connectivity index (χ2n) is 1.76. The van der Waals surface area contributed by atoms with Crippen LogP contribution in [0.3, 0.4) is 0 Å². The maximum atomic E-state index is 10.7. The standard InChI is InChI=1S/C5H12N2OS/c1-4(9)5(8)7-3-2-6/h4,9H,2-3,6H2,1H3,(H,7,8). The normalized spacial score (nSPS) is 12.8. The summed E-state index contributed by atoms with van der Waals surface area (Å²) in [6, 6.07) is 0. The van der Waals surface area contributed by atoms with Crippen LogP contribution in [0.1, 0.15) is 6.92 Å². The van der Waals surface area contributed by atoms with Crippen molar-refractivity contribution < 1.29 is 4.79 Å². The molecule has 0 spiro atoms. The van der Waals surface area contributed by atoms with Gasteiger partial charge in [0.15, 0.2) is 0 Å². The van der Waals surface area contributed by atoms with Gasteiger partial charge in [-0.25, -0.2) is 0 Å². The third-order valence-electron chi connectivity index (χ3n) is 0.823. The first-order chi connectivity index (χ1) is 4.18. The topological polar surface area (TPSA) is 55.1 Å². The third kappa shape index (κ3) is 4.29. The first-order valence-electron chi connectivity index (χ1n) is 2.84. The molecule has 0 fully saturated rings. The average molecular weight is 148 g/mol. The van der Waals surface area contributed by atoms with E-state index in [0.717, 1.165) is 0 Å². The van der Waals surface area contributed by atoms with Gasteiger partial charge in [0.1, 0.15) is 0 Å². The van der Waals surface area contributed by atoms with Crippen molar-refractivity contribution in [2.45, 2.75) is 12.2 Å². The molecule has 0 aliphatic heterocycles. The first kappa shape index (κ1) is 8.78. The van der Waals surface area contributed by atoms with Gasteiger partial charge in [-0.15, -0.1) is 0 Å². The van der Waals surface area contributed by atoms with Crippen LogP contribution in [0.25, 0.3) is 0 Å². The Morgan fingerprint density at radius 1 is 1.89 bits per heavy atom. The van der Waals surface area contributed by atoms with Crippen molar-refractivity contribution >= 4 is 18.5 Å². The van der Waals surface area contributed by atoms with Crippen molar-refractivity contribution in [1.82, 2.24) is 5.32 Å². The molecule has 3 nitrogen and oxygen atoms in total. The van der Waals surface area contributed by atoms with E-state index in [4.69, 9.17) is 5.73 Å². The molecule has 0 aromatic carbocycles. The Morgan fingerprint density at radius 3 is 2.78 bits per heavy atom. The third-order valence-corrected chi connectivity index (χ3v) is 1.06.